The fourth-order valence-corrected chi connectivity index (χ4v) is 2.33. The van der Waals surface area contributed by atoms with Crippen LogP contribution in [-0.4, -0.2) is 58.1 Å². The zero-order chi connectivity index (χ0) is 12.0. The third kappa shape index (κ3) is 1.84. The van der Waals surface area contributed by atoms with Crippen LogP contribution in [0.15, 0.2) is 18.2 Å². The Morgan fingerprint density at radius 2 is 2.11 bits per heavy atom. The molecule has 3 rings (SSSR count). The molecule has 0 atom stereocenters. The Kier molecular flexibility index (Phi) is 3.47. The first-order valence-corrected chi connectivity index (χ1v) is 5.33. The molecule has 0 fully saturated rings. The Morgan fingerprint density at radius 3 is 2.83 bits per heavy atom. The van der Waals surface area contributed by atoms with Crippen molar-refractivity contribution in [3.05, 3.63) is 35.0 Å². The summed E-state index contributed by atoms with van der Waals surface area (Å²) in [6.45, 7) is 0.459. The molecule has 1 aliphatic heterocycles. The third-order valence-corrected chi connectivity index (χ3v) is 3.05. The van der Waals surface area contributed by atoms with Gasteiger partial charge in [-0.2, -0.15) is 0 Å². The molecule has 1 aromatic carbocycles. The average molecular weight is 254 g/mol. The maximum atomic E-state index is 11.8. The van der Waals surface area contributed by atoms with E-state index < -0.39 is 5.97 Å². The number of carboxylic acid groups (broad SMARTS) is 1. The van der Waals surface area contributed by atoms with Gasteiger partial charge in [0, 0.05) is 23.0 Å². The number of aromatic nitrogens is 1. The Bertz CT molecular complexity index is 648. The molecule has 3 N–H and O–H groups in total. The van der Waals surface area contributed by atoms with Crippen molar-refractivity contribution in [3.8, 4) is 0 Å². The van der Waals surface area contributed by atoms with E-state index in [1.165, 1.54) is 0 Å². The van der Waals surface area contributed by atoms with Gasteiger partial charge in [0.15, 0.2) is 0 Å². The number of carbonyl (C=O) groups is 2. The standard InChI is InChI=1S/C12H10N2O3.Na.H/c15-11-7-2-1-3-8-9(7)6(4-5-13-11)10(14-8)12(16)17;;/h1-3,14H,4-5H2,(H,13,15)(H,16,17);;. The van der Waals surface area contributed by atoms with Crippen molar-refractivity contribution in [1.82, 2.24) is 10.3 Å². The van der Waals surface area contributed by atoms with Gasteiger partial charge in [-0.25, -0.2) is 4.79 Å². The number of amides is 1. The number of hydrogen-bond donors (Lipinski definition) is 3. The van der Waals surface area contributed by atoms with Crippen LogP contribution in [0.1, 0.15) is 26.4 Å². The number of H-pyrrole nitrogens is 1. The van der Waals surface area contributed by atoms with Crippen molar-refractivity contribution in [2.45, 2.75) is 6.42 Å². The van der Waals surface area contributed by atoms with Crippen LogP contribution in [0.2, 0.25) is 0 Å². The molecule has 6 heteroatoms. The summed E-state index contributed by atoms with van der Waals surface area (Å²) in [5, 5.41) is 12.6. The van der Waals surface area contributed by atoms with Crippen molar-refractivity contribution in [1.29, 1.82) is 0 Å². The predicted octanol–water partition coefficient (Wildman–Crippen LogP) is 0.503. The molecule has 1 amide bonds. The van der Waals surface area contributed by atoms with E-state index in [-0.39, 0.29) is 41.2 Å². The van der Waals surface area contributed by atoms with Crippen LogP contribution in [0.3, 0.4) is 0 Å². The van der Waals surface area contributed by atoms with E-state index in [1.54, 1.807) is 18.2 Å². The van der Waals surface area contributed by atoms with E-state index in [0.717, 1.165) is 5.39 Å². The number of aromatic amines is 1. The summed E-state index contributed by atoms with van der Waals surface area (Å²) >= 11 is 0. The summed E-state index contributed by atoms with van der Waals surface area (Å²) < 4.78 is 0. The second kappa shape index (κ2) is 4.76. The third-order valence-electron chi connectivity index (χ3n) is 3.05. The van der Waals surface area contributed by atoms with Gasteiger partial charge in [0.25, 0.3) is 5.91 Å². The molecule has 88 valence electrons. The van der Waals surface area contributed by atoms with Gasteiger partial charge in [-0.1, -0.05) is 6.07 Å². The zero-order valence-electron chi connectivity index (χ0n) is 8.91. The first-order valence-electron chi connectivity index (χ1n) is 5.33. The number of hydrogen-bond acceptors (Lipinski definition) is 2. The molecule has 0 spiro atoms. The van der Waals surface area contributed by atoms with Crippen molar-refractivity contribution < 1.29 is 14.7 Å². The van der Waals surface area contributed by atoms with E-state index >= 15 is 0 Å². The number of rotatable bonds is 1. The fraction of sp³-hybridized carbons (Fsp3) is 0.167. The summed E-state index contributed by atoms with van der Waals surface area (Å²) in [5.41, 5.74) is 2.14. The van der Waals surface area contributed by atoms with Crippen LogP contribution in [0.5, 0.6) is 0 Å². The molecule has 0 radical (unpaired) electrons. The summed E-state index contributed by atoms with van der Waals surface area (Å²) in [6.07, 6.45) is 0.532. The summed E-state index contributed by atoms with van der Waals surface area (Å²) in [7, 11) is 0. The summed E-state index contributed by atoms with van der Waals surface area (Å²) in [5.74, 6) is -1.14. The molecule has 2 heterocycles. The number of carboxylic acids is 1. The van der Waals surface area contributed by atoms with E-state index in [4.69, 9.17) is 5.11 Å². The second-order valence-corrected chi connectivity index (χ2v) is 4.02. The number of aromatic carboxylic acids is 1. The van der Waals surface area contributed by atoms with Gasteiger partial charge in [0.2, 0.25) is 0 Å². The van der Waals surface area contributed by atoms with E-state index in [9.17, 15) is 9.59 Å². The first kappa shape index (κ1) is 13.1. The Hall–Kier alpha value is -1.30. The molecule has 1 aromatic heterocycles. The number of benzene rings is 1. The van der Waals surface area contributed by atoms with Crippen LogP contribution in [0.4, 0.5) is 0 Å². The number of nitrogens with one attached hydrogen (secondary N) is 2. The van der Waals surface area contributed by atoms with E-state index in [1.807, 2.05) is 0 Å². The molecule has 1 aliphatic rings. The zero-order valence-corrected chi connectivity index (χ0v) is 8.91. The van der Waals surface area contributed by atoms with Crippen LogP contribution < -0.4 is 5.32 Å². The Labute approximate surface area is 125 Å². The fourth-order valence-electron chi connectivity index (χ4n) is 2.33. The normalized spacial score (nSPS) is 13.7. The summed E-state index contributed by atoms with van der Waals surface area (Å²) in [4.78, 5) is 25.8. The average Bonchev–Trinajstić information content (AvgIpc) is 2.59. The molecule has 2 aromatic rings. The van der Waals surface area contributed by atoms with Crippen molar-refractivity contribution in [2.24, 2.45) is 0 Å². The molecular formula is C12H11N2NaO3. The first-order chi connectivity index (χ1) is 8.18. The van der Waals surface area contributed by atoms with Gasteiger partial charge in [0.1, 0.15) is 5.69 Å². The molecule has 0 saturated carbocycles. The van der Waals surface area contributed by atoms with Crippen LogP contribution >= 0.6 is 0 Å². The monoisotopic (exact) mass is 254 g/mol. The number of carbonyl (C=O) groups excluding carboxylic acids is 1. The van der Waals surface area contributed by atoms with Crippen molar-refractivity contribution in [2.75, 3.05) is 6.54 Å². The van der Waals surface area contributed by atoms with Crippen LogP contribution in [0, 0.1) is 0 Å². The second-order valence-electron chi connectivity index (χ2n) is 4.02. The molecular weight excluding hydrogens is 243 g/mol. The minimum atomic E-state index is -0.989. The van der Waals surface area contributed by atoms with Crippen LogP contribution in [0.25, 0.3) is 10.9 Å². The SMILES string of the molecule is O=C(O)c1[nH]c2cccc3c2c1CCNC3=O.[NaH]. The van der Waals surface area contributed by atoms with Gasteiger partial charge >= 0.3 is 35.5 Å². The summed E-state index contributed by atoms with van der Waals surface area (Å²) in [6, 6.07) is 5.24. The Morgan fingerprint density at radius 1 is 1.33 bits per heavy atom. The Balaban J connectivity index is 0.00000120. The molecule has 18 heavy (non-hydrogen) atoms. The molecule has 5 nitrogen and oxygen atoms in total. The van der Waals surface area contributed by atoms with Gasteiger partial charge in [-0.3, -0.25) is 4.79 Å². The molecule has 0 bridgehead atoms. The molecule has 0 unspecified atom stereocenters. The van der Waals surface area contributed by atoms with Gasteiger partial charge < -0.3 is 15.4 Å². The molecule has 0 saturated heterocycles. The predicted molar refractivity (Wildman–Crippen MR) is 68.4 cm³/mol. The minimum absolute atomic E-state index is 0. The van der Waals surface area contributed by atoms with E-state index in [0.29, 0.717) is 29.6 Å². The molecule has 0 aliphatic carbocycles. The van der Waals surface area contributed by atoms with Gasteiger partial charge in [-0.15, -0.1) is 0 Å². The van der Waals surface area contributed by atoms with Crippen molar-refractivity contribution >= 4 is 52.3 Å². The van der Waals surface area contributed by atoms with E-state index in [2.05, 4.69) is 10.3 Å². The quantitative estimate of drug-likeness (QED) is 0.648. The maximum absolute atomic E-state index is 11.8. The van der Waals surface area contributed by atoms with Crippen LogP contribution in [-0.2, 0) is 6.42 Å². The van der Waals surface area contributed by atoms with Gasteiger partial charge in [0.05, 0.1) is 0 Å². The van der Waals surface area contributed by atoms with Crippen molar-refractivity contribution in [3.63, 3.8) is 0 Å². The van der Waals surface area contributed by atoms with Gasteiger partial charge in [-0.05, 0) is 24.1 Å². The topological polar surface area (TPSA) is 82.2 Å².